The molecule has 1 unspecified atom stereocenters. The number of hydrogen-bond acceptors (Lipinski definition) is 3. The molecule has 0 radical (unpaired) electrons. The monoisotopic (exact) mass is 247 g/mol. The van der Waals surface area contributed by atoms with Crippen LogP contribution >= 0.6 is 0 Å². The zero-order valence-corrected chi connectivity index (χ0v) is 11.3. The van der Waals surface area contributed by atoms with Crippen molar-refractivity contribution in [1.29, 1.82) is 0 Å². The molecular formula is C15H21NO2. The molecule has 1 aliphatic heterocycles. The van der Waals surface area contributed by atoms with Crippen molar-refractivity contribution in [2.75, 3.05) is 6.54 Å². The molecule has 1 aliphatic rings. The number of carbonyl (C=O) groups excluding carboxylic acids is 1. The molecule has 18 heavy (non-hydrogen) atoms. The van der Waals surface area contributed by atoms with Gasteiger partial charge in [-0.2, -0.15) is 0 Å². The van der Waals surface area contributed by atoms with Gasteiger partial charge in [0, 0.05) is 5.56 Å². The van der Waals surface area contributed by atoms with E-state index in [1.807, 2.05) is 45.0 Å². The molecule has 1 saturated heterocycles. The van der Waals surface area contributed by atoms with E-state index in [1.54, 1.807) is 0 Å². The van der Waals surface area contributed by atoms with Crippen molar-refractivity contribution in [2.24, 2.45) is 0 Å². The molecular weight excluding hydrogens is 226 g/mol. The maximum absolute atomic E-state index is 12.1. The molecule has 0 aromatic heterocycles. The standard InChI is InChI=1S/C15H21NO2/c1-15(2,3)18-12-8-6-11(7-9-12)14(17)13-5-4-10-16-13/h6-9,13,16H,4-5,10H2,1-3H3. The fraction of sp³-hybridized carbons (Fsp3) is 0.533. The zero-order chi connectivity index (χ0) is 13.2. The van der Waals surface area contributed by atoms with Crippen molar-refractivity contribution in [2.45, 2.75) is 45.3 Å². The molecule has 1 heterocycles. The number of nitrogens with one attached hydrogen (secondary N) is 1. The molecule has 3 nitrogen and oxygen atoms in total. The Kier molecular flexibility index (Phi) is 3.71. The summed E-state index contributed by atoms with van der Waals surface area (Å²) in [5.74, 6) is 0.994. The third-order valence-corrected chi connectivity index (χ3v) is 2.94. The van der Waals surface area contributed by atoms with E-state index in [4.69, 9.17) is 4.74 Å². The predicted octanol–water partition coefficient (Wildman–Crippen LogP) is 2.80. The topological polar surface area (TPSA) is 38.3 Å². The average molecular weight is 247 g/mol. The summed E-state index contributed by atoms with van der Waals surface area (Å²) in [7, 11) is 0. The van der Waals surface area contributed by atoms with Crippen molar-refractivity contribution < 1.29 is 9.53 Å². The minimum atomic E-state index is -0.210. The second-order valence-electron chi connectivity index (χ2n) is 5.75. The van der Waals surface area contributed by atoms with E-state index >= 15 is 0 Å². The number of Topliss-reactive ketones (excluding diaryl/α,β-unsaturated/α-hetero) is 1. The van der Waals surface area contributed by atoms with Gasteiger partial charge in [-0.3, -0.25) is 4.79 Å². The van der Waals surface area contributed by atoms with Gasteiger partial charge >= 0.3 is 0 Å². The number of rotatable bonds is 3. The zero-order valence-electron chi connectivity index (χ0n) is 11.3. The highest BCUT2D eigenvalue weighted by molar-refractivity contribution is 6.00. The van der Waals surface area contributed by atoms with E-state index < -0.39 is 0 Å². The van der Waals surface area contributed by atoms with Crippen molar-refractivity contribution in [3.05, 3.63) is 29.8 Å². The Morgan fingerprint density at radius 2 is 1.94 bits per heavy atom. The maximum Gasteiger partial charge on any atom is 0.179 e. The Morgan fingerprint density at radius 1 is 1.28 bits per heavy atom. The minimum absolute atomic E-state index is 0.000570. The van der Waals surface area contributed by atoms with Gasteiger partial charge in [-0.1, -0.05) is 0 Å². The van der Waals surface area contributed by atoms with Crippen molar-refractivity contribution in [3.8, 4) is 5.75 Å². The SMILES string of the molecule is CC(C)(C)Oc1ccc(C(=O)C2CCCN2)cc1. The van der Waals surface area contributed by atoms with Crippen LogP contribution in [0.25, 0.3) is 0 Å². The average Bonchev–Trinajstić information content (AvgIpc) is 2.80. The summed E-state index contributed by atoms with van der Waals surface area (Å²) in [4.78, 5) is 12.1. The summed E-state index contributed by atoms with van der Waals surface area (Å²) in [5.41, 5.74) is 0.550. The Labute approximate surface area is 109 Å². The van der Waals surface area contributed by atoms with Crippen molar-refractivity contribution in [3.63, 3.8) is 0 Å². The van der Waals surface area contributed by atoms with Crippen molar-refractivity contribution >= 4 is 5.78 Å². The molecule has 1 fully saturated rings. The van der Waals surface area contributed by atoms with Crippen LogP contribution in [0.5, 0.6) is 5.75 Å². The van der Waals surface area contributed by atoms with Gasteiger partial charge in [0.15, 0.2) is 5.78 Å². The minimum Gasteiger partial charge on any atom is -0.488 e. The van der Waals surface area contributed by atoms with Gasteiger partial charge in [-0.05, 0) is 64.4 Å². The summed E-state index contributed by atoms with van der Waals surface area (Å²) in [6.45, 7) is 6.97. The highest BCUT2D eigenvalue weighted by atomic mass is 16.5. The number of benzene rings is 1. The van der Waals surface area contributed by atoms with Crippen LogP contribution < -0.4 is 10.1 Å². The van der Waals surface area contributed by atoms with Crippen LogP contribution in [0.4, 0.5) is 0 Å². The number of hydrogen-bond donors (Lipinski definition) is 1. The van der Waals surface area contributed by atoms with Crippen LogP contribution in [-0.4, -0.2) is 24.0 Å². The Morgan fingerprint density at radius 3 is 2.44 bits per heavy atom. The Hall–Kier alpha value is -1.35. The van der Waals surface area contributed by atoms with Gasteiger partial charge in [-0.15, -0.1) is 0 Å². The molecule has 2 rings (SSSR count). The predicted molar refractivity (Wildman–Crippen MR) is 72.2 cm³/mol. The second kappa shape index (κ2) is 5.11. The fourth-order valence-electron chi connectivity index (χ4n) is 2.15. The molecule has 0 bridgehead atoms. The molecule has 0 aliphatic carbocycles. The van der Waals surface area contributed by atoms with E-state index in [0.29, 0.717) is 0 Å². The van der Waals surface area contributed by atoms with E-state index in [0.717, 1.165) is 30.7 Å². The van der Waals surface area contributed by atoms with Gasteiger partial charge in [0.25, 0.3) is 0 Å². The Bertz CT molecular complexity index is 411. The largest absolute Gasteiger partial charge is 0.488 e. The van der Waals surface area contributed by atoms with Crippen molar-refractivity contribution in [1.82, 2.24) is 5.32 Å². The summed E-state index contributed by atoms with van der Waals surface area (Å²) < 4.78 is 5.73. The van der Waals surface area contributed by atoms with Crippen LogP contribution in [0.15, 0.2) is 24.3 Å². The lowest BCUT2D eigenvalue weighted by atomic mass is 10.0. The summed E-state index contributed by atoms with van der Waals surface area (Å²) in [6, 6.07) is 7.44. The van der Waals surface area contributed by atoms with Crippen LogP contribution in [-0.2, 0) is 0 Å². The van der Waals surface area contributed by atoms with Crippen LogP contribution in [0.3, 0.4) is 0 Å². The van der Waals surface area contributed by atoms with Gasteiger partial charge in [-0.25, -0.2) is 0 Å². The molecule has 3 heteroatoms. The lowest BCUT2D eigenvalue weighted by Gasteiger charge is -2.21. The van der Waals surface area contributed by atoms with E-state index in [1.165, 1.54) is 0 Å². The first-order chi connectivity index (χ1) is 8.46. The van der Waals surface area contributed by atoms with Gasteiger partial charge in [0.05, 0.1) is 6.04 Å². The summed E-state index contributed by atoms with van der Waals surface area (Å²) in [5, 5.41) is 3.23. The van der Waals surface area contributed by atoms with Gasteiger partial charge in [0.2, 0.25) is 0 Å². The third-order valence-electron chi connectivity index (χ3n) is 2.94. The molecule has 0 spiro atoms. The van der Waals surface area contributed by atoms with Crippen LogP contribution in [0.1, 0.15) is 44.0 Å². The quantitative estimate of drug-likeness (QED) is 0.835. The first kappa shape index (κ1) is 13.1. The molecule has 1 aromatic rings. The Balaban J connectivity index is 2.05. The molecule has 98 valence electrons. The summed E-state index contributed by atoms with van der Waals surface area (Å²) >= 11 is 0. The fourth-order valence-corrected chi connectivity index (χ4v) is 2.15. The number of carbonyl (C=O) groups is 1. The first-order valence-electron chi connectivity index (χ1n) is 6.52. The lowest BCUT2D eigenvalue weighted by molar-refractivity contribution is 0.0952. The van der Waals surface area contributed by atoms with E-state index in [9.17, 15) is 4.79 Å². The van der Waals surface area contributed by atoms with Gasteiger partial charge < -0.3 is 10.1 Å². The molecule has 1 aromatic carbocycles. The van der Waals surface area contributed by atoms with Crippen LogP contribution in [0.2, 0.25) is 0 Å². The maximum atomic E-state index is 12.1. The van der Waals surface area contributed by atoms with Gasteiger partial charge in [0.1, 0.15) is 11.4 Å². The highest BCUT2D eigenvalue weighted by Crippen LogP contribution is 2.20. The highest BCUT2D eigenvalue weighted by Gasteiger charge is 2.23. The molecule has 1 atom stereocenters. The lowest BCUT2D eigenvalue weighted by Crippen LogP contribution is -2.30. The van der Waals surface area contributed by atoms with Crippen LogP contribution in [0, 0.1) is 0 Å². The molecule has 0 amide bonds. The van der Waals surface area contributed by atoms with E-state index in [2.05, 4.69) is 5.32 Å². The molecule has 1 N–H and O–H groups in total. The number of ketones is 1. The summed E-state index contributed by atoms with van der Waals surface area (Å²) in [6.07, 6.45) is 2.03. The second-order valence-corrected chi connectivity index (χ2v) is 5.75. The smallest absolute Gasteiger partial charge is 0.179 e. The number of ether oxygens (including phenoxy) is 1. The first-order valence-corrected chi connectivity index (χ1v) is 6.52. The van der Waals surface area contributed by atoms with E-state index in [-0.39, 0.29) is 17.4 Å². The third kappa shape index (κ3) is 3.33. The molecule has 0 saturated carbocycles. The normalized spacial score (nSPS) is 19.8.